The van der Waals surface area contributed by atoms with Crippen molar-refractivity contribution in [3.8, 4) is 5.75 Å². The van der Waals surface area contributed by atoms with E-state index in [1.54, 1.807) is 0 Å². The van der Waals surface area contributed by atoms with Gasteiger partial charge in [0.25, 0.3) is 0 Å². The average Bonchev–Trinajstić information content (AvgIpc) is 3.18. The molecule has 0 amide bonds. The molecular formula is C27H28N2O2S. The lowest BCUT2D eigenvalue weighted by molar-refractivity contribution is 0.0908. The number of para-hydroxylation sites is 2. The van der Waals surface area contributed by atoms with Gasteiger partial charge in [-0.3, -0.25) is 4.79 Å². The van der Waals surface area contributed by atoms with Gasteiger partial charge in [-0.15, -0.1) is 11.8 Å². The van der Waals surface area contributed by atoms with Gasteiger partial charge in [0.2, 0.25) is 5.78 Å². The first-order valence-electron chi connectivity index (χ1n) is 11.0. The summed E-state index contributed by atoms with van der Waals surface area (Å²) in [6, 6.07) is 26.4. The molecule has 0 saturated carbocycles. The average molecular weight is 445 g/mol. The van der Waals surface area contributed by atoms with Crippen molar-refractivity contribution >= 4 is 28.6 Å². The van der Waals surface area contributed by atoms with Crippen molar-refractivity contribution in [3.05, 3.63) is 90.3 Å². The van der Waals surface area contributed by atoms with Crippen LogP contribution in [0.1, 0.15) is 35.4 Å². The summed E-state index contributed by atoms with van der Waals surface area (Å²) in [5, 5.41) is 0. The van der Waals surface area contributed by atoms with Crippen molar-refractivity contribution in [2.45, 2.75) is 30.6 Å². The maximum absolute atomic E-state index is 12.6. The fraction of sp³-hybridized carbons (Fsp3) is 0.259. The lowest BCUT2D eigenvalue weighted by Crippen LogP contribution is -2.16. The number of hydrogen-bond donors (Lipinski definition) is 0. The second kappa shape index (κ2) is 11.0. The fourth-order valence-corrected chi connectivity index (χ4v) is 4.60. The van der Waals surface area contributed by atoms with Crippen molar-refractivity contribution in [2.75, 3.05) is 12.4 Å². The summed E-state index contributed by atoms with van der Waals surface area (Å²) in [6.45, 7) is -0.0228. The Labute approximate surface area is 193 Å². The number of unbranched alkanes of at least 4 members (excludes halogenated alkanes) is 2. The molecule has 0 bridgehead atoms. The van der Waals surface area contributed by atoms with Gasteiger partial charge >= 0.3 is 0 Å². The number of benzene rings is 3. The highest BCUT2D eigenvalue weighted by molar-refractivity contribution is 7.99. The minimum absolute atomic E-state index is 0.0228. The van der Waals surface area contributed by atoms with Gasteiger partial charge in [0, 0.05) is 11.9 Å². The van der Waals surface area contributed by atoms with Gasteiger partial charge < -0.3 is 9.30 Å². The number of nitrogens with zero attached hydrogens (tertiary/aromatic N) is 2. The molecule has 1 aromatic heterocycles. The number of ketones is 1. The number of aryl methyl sites for hydroxylation is 2. The number of carbonyl (C=O) groups excluding carboxylic acids is 1. The Kier molecular flexibility index (Phi) is 7.62. The SMILES string of the molecule is Cn1c(C(=O)COc2ccc(SCCCCCc3ccccc3)cc2)nc2ccccc21. The monoisotopic (exact) mass is 444 g/mol. The zero-order valence-corrected chi connectivity index (χ0v) is 19.2. The van der Waals surface area contributed by atoms with Gasteiger partial charge in [-0.1, -0.05) is 48.9 Å². The predicted molar refractivity (Wildman–Crippen MR) is 132 cm³/mol. The summed E-state index contributed by atoms with van der Waals surface area (Å²) in [6.07, 6.45) is 4.84. The van der Waals surface area contributed by atoms with Crippen molar-refractivity contribution in [1.82, 2.24) is 9.55 Å². The summed E-state index contributed by atoms with van der Waals surface area (Å²) in [5.74, 6) is 2.10. The van der Waals surface area contributed by atoms with E-state index < -0.39 is 0 Å². The molecule has 164 valence electrons. The quantitative estimate of drug-likeness (QED) is 0.154. The number of imidazole rings is 1. The van der Waals surface area contributed by atoms with Gasteiger partial charge in [0.15, 0.2) is 12.4 Å². The Hall–Kier alpha value is -3.05. The molecule has 0 aliphatic heterocycles. The third kappa shape index (κ3) is 5.80. The van der Waals surface area contributed by atoms with E-state index in [1.165, 1.54) is 29.7 Å². The molecule has 0 radical (unpaired) electrons. The van der Waals surface area contributed by atoms with Gasteiger partial charge in [0.05, 0.1) is 11.0 Å². The van der Waals surface area contributed by atoms with Gasteiger partial charge in [0.1, 0.15) is 5.75 Å². The molecule has 0 spiro atoms. The number of fused-ring (bicyclic) bond motifs is 1. The second-order valence-electron chi connectivity index (χ2n) is 7.81. The number of thioether (sulfide) groups is 1. The lowest BCUT2D eigenvalue weighted by Gasteiger charge is -2.07. The Morgan fingerprint density at radius 2 is 1.66 bits per heavy atom. The Bertz CT molecular complexity index is 1150. The molecule has 0 unspecified atom stereocenters. The van der Waals surface area contributed by atoms with Crippen LogP contribution in [0.2, 0.25) is 0 Å². The molecule has 0 aliphatic carbocycles. The van der Waals surface area contributed by atoms with Crippen LogP contribution < -0.4 is 4.74 Å². The number of hydrogen-bond acceptors (Lipinski definition) is 4. The molecule has 4 rings (SSSR count). The summed E-state index contributed by atoms with van der Waals surface area (Å²) in [5.41, 5.74) is 3.18. The van der Waals surface area contributed by atoms with Crippen molar-refractivity contribution in [1.29, 1.82) is 0 Å². The van der Waals surface area contributed by atoms with Crippen LogP contribution in [0.3, 0.4) is 0 Å². The van der Waals surface area contributed by atoms with Crippen LogP contribution in [-0.2, 0) is 13.5 Å². The normalized spacial score (nSPS) is 11.0. The van der Waals surface area contributed by atoms with E-state index >= 15 is 0 Å². The first kappa shape index (κ1) is 22.2. The molecule has 1 heterocycles. The van der Waals surface area contributed by atoms with Crippen LogP contribution >= 0.6 is 11.8 Å². The van der Waals surface area contributed by atoms with E-state index in [2.05, 4.69) is 47.4 Å². The van der Waals surface area contributed by atoms with E-state index in [0.29, 0.717) is 11.6 Å². The largest absolute Gasteiger partial charge is 0.485 e. The minimum atomic E-state index is -0.127. The molecule has 32 heavy (non-hydrogen) atoms. The van der Waals surface area contributed by atoms with Crippen molar-refractivity contribution < 1.29 is 9.53 Å². The van der Waals surface area contributed by atoms with E-state index in [-0.39, 0.29) is 12.4 Å². The van der Waals surface area contributed by atoms with Crippen LogP contribution in [0, 0.1) is 0 Å². The highest BCUT2D eigenvalue weighted by atomic mass is 32.2. The van der Waals surface area contributed by atoms with E-state index in [1.807, 2.05) is 59.8 Å². The molecular weight excluding hydrogens is 416 g/mol. The summed E-state index contributed by atoms with van der Waals surface area (Å²) >= 11 is 1.87. The van der Waals surface area contributed by atoms with Crippen LogP contribution in [0.5, 0.6) is 5.75 Å². The first-order chi connectivity index (χ1) is 15.7. The molecule has 0 saturated heterocycles. The van der Waals surface area contributed by atoms with Crippen LogP contribution in [0.4, 0.5) is 0 Å². The molecule has 5 heteroatoms. The Balaban J connectivity index is 1.18. The number of aromatic nitrogens is 2. The smallest absolute Gasteiger partial charge is 0.235 e. The van der Waals surface area contributed by atoms with Crippen molar-refractivity contribution in [2.24, 2.45) is 7.05 Å². The number of carbonyl (C=O) groups is 1. The maximum Gasteiger partial charge on any atom is 0.235 e. The summed E-state index contributed by atoms with van der Waals surface area (Å²) in [4.78, 5) is 18.2. The number of Topliss-reactive ketones (excluding diaryl/α,β-unsaturated/α-hetero) is 1. The molecule has 0 aliphatic rings. The number of rotatable bonds is 11. The fourth-order valence-electron chi connectivity index (χ4n) is 3.68. The van der Waals surface area contributed by atoms with E-state index in [9.17, 15) is 4.79 Å². The minimum Gasteiger partial charge on any atom is -0.485 e. The number of ether oxygens (including phenoxy) is 1. The molecule has 4 aromatic rings. The van der Waals surface area contributed by atoms with E-state index in [0.717, 1.165) is 23.2 Å². The van der Waals surface area contributed by atoms with E-state index in [4.69, 9.17) is 4.74 Å². The molecule has 3 aromatic carbocycles. The third-order valence-corrected chi connectivity index (χ3v) is 6.55. The van der Waals surface area contributed by atoms with Crippen molar-refractivity contribution in [3.63, 3.8) is 0 Å². The summed E-state index contributed by atoms with van der Waals surface area (Å²) < 4.78 is 7.54. The van der Waals surface area contributed by atoms with Crippen LogP contribution in [0.15, 0.2) is 83.8 Å². The topological polar surface area (TPSA) is 44.1 Å². The first-order valence-corrected chi connectivity index (χ1v) is 12.0. The highest BCUT2D eigenvalue weighted by Crippen LogP contribution is 2.23. The second-order valence-corrected chi connectivity index (χ2v) is 8.98. The Morgan fingerprint density at radius 3 is 2.44 bits per heavy atom. The highest BCUT2D eigenvalue weighted by Gasteiger charge is 2.15. The molecule has 0 atom stereocenters. The lowest BCUT2D eigenvalue weighted by atomic mass is 10.1. The van der Waals surface area contributed by atoms with Crippen LogP contribution in [-0.4, -0.2) is 27.7 Å². The maximum atomic E-state index is 12.6. The van der Waals surface area contributed by atoms with Crippen LogP contribution in [0.25, 0.3) is 11.0 Å². The third-order valence-electron chi connectivity index (χ3n) is 5.45. The zero-order valence-electron chi connectivity index (χ0n) is 18.4. The van der Waals surface area contributed by atoms with Gasteiger partial charge in [-0.2, -0.15) is 0 Å². The predicted octanol–water partition coefficient (Wildman–Crippen LogP) is 6.34. The zero-order chi connectivity index (χ0) is 22.2. The molecule has 0 fully saturated rings. The van der Waals surface area contributed by atoms with Gasteiger partial charge in [-0.25, -0.2) is 4.98 Å². The van der Waals surface area contributed by atoms with Gasteiger partial charge in [-0.05, 0) is 67.0 Å². The standard InChI is InChI=1S/C27H28N2O2S/c1-29-25-14-8-7-13-24(25)28-27(29)26(30)20-31-22-15-17-23(18-16-22)32-19-9-3-6-12-21-10-4-2-5-11-21/h2,4-5,7-8,10-11,13-18H,3,6,9,12,19-20H2,1H3. The Morgan fingerprint density at radius 1 is 0.906 bits per heavy atom. The summed E-state index contributed by atoms with van der Waals surface area (Å²) in [7, 11) is 1.86. The molecule has 4 nitrogen and oxygen atoms in total. The molecule has 0 N–H and O–H groups in total.